The zero-order chi connectivity index (χ0) is 13.7. The Morgan fingerprint density at radius 3 is 2.67 bits per heavy atom. The minimum atomic E-state index is -0.746. The van der Waals surface area contributed by atoms with Gasteiger partial charge in [-0.15, -0.1) is 0 Å². The SMILES string of the molecule is C=C(CC)/C(C=N)=C(\N)Nc1ccc(F)cc1F. The van der Waals surface area contributed by atoms with Crippen LogP contribution in [0.4, 0.5) is 14.5 Å². The number of hydrogen-bond acceptors (Lipinski definition) is 3. The summed E-state index contributed by atoms with van der Waals surface area (Å²) in [6.45, 7) is 5.63. The van der Waals surface area contributed by atoms with Crippen molar-refractivity contribution in [3.05, 3.63) is 53.4 Å². The molecule has 96 valence electrons. The zero-order valence-electron chi connectivity index (χ0n) is 10.1. The Morgan fingerprint density at radius 2 is 2.17 bits per heavy atom. The lowest BCUT2D eigenvalue weighted by molar-refractivity contribution is 0.585. The van der Waals surface area contributed by atoms with Crippen LogP contribution >= 0.6 is 0 Å². The maximum absolute atomic E-state index is 13.4. The van der Waals surface area contributed by atoms with Crippen molar-refractivity contribution in [3.63, 3.8) is 0 Å². The minimum Gasteiger partial charge on any atom is -0.385 e. The van der Waals surface area contributed by atoms with E-state index in [0.29, 0.717) is 17.6 Å². The van der Waals surface area contributed by atoms with Crippen LogP contribution in [-0.2, 0) is 0 Å². The topological polar surface area (TPSA) is 61.9 Å². The van der Waals surface area contributed by atoms with Gasteiger partial charge in [-0.05, 0) is 24.1 Å². The Labute approximate surface area is 105 Å². The number of nitrogens with two attached hydrogens (primary N) is 1. The van der Waals surface area contributed by atoms with Crippen molar-refractivity contribution in [2.45, 2.75) is 13.3 Å². The van der Waals surface area contributed by atoms with Crippen LogP contribution in [0.3, 0.4) is 0 Å². The van der Waals surface area contributed by atoms with Crippen molar-refractivity contribution >= 4 is 11.9 Å². The molecule has 0 bridgehead atoms. The van der Waals surface area contributed by atoms with Crippen molar-refractivity contribution in [1.29, 1.82) is 5.41 Å². The molecular weight excluding hydrogens is 236 g/mol. The molecule has 1 rings (SSSR count). The third-order valence-corrected chi connectivity index (χ3v) is 2.44. The monoisotopic (exact) mass is 251 g/mol. The molecule has 1 aromatic rings. The molecule has 3 nitrogen and oxygen atoms in total. The molecule has 1 aromatic carbocycles. The summed E-state index contributed by atoms with van der Waals surface area (Å²) in [4.78, 5) is 0. The molecule has 5 heteroatoms. The van der Waals surface area contributed by atoms with E-state index in [1.54, 1.807) is 0 Å². The van der Waals surface area contributed by atoms with E-state index in [2.05, 4.69) is 11.9 Å². The number of nitrogens with one attached hydrogen (secondary N) is 2. The van der Waals surface area contributed by atoms with E-state index in [9.17, 15) is 8.78 Å². The van der Waals surface area contributed by atoms with Gasteiger partial charge in [0.2, 0.25) is 0 Å². The van der Waals surface area contributed by atoms with Crippen molar-refractivity contribution in [1.82, 2.24) is 0 Å². The van der Waals surface area contributed by atoms with Crippen LogP contribution in [-0.4, -0.2) is 6.21 Å². The fraction of sp³-hybridized carbons (Fsp3) is 0.154. The third kappa shape index (κ3) is 3.16. The lowest BCUT2D eigenvalue weighted by atomic mass is 10.1. The predicted molar refractivity (Wildman–Crippen MR) is 69.4 cm³/mol. The van der Waals surface area contributed by atoms with Crippen LogP contribution in [0.15, 0.2) is 41.7 Å². The molecule has 0 aliphatic carbocycles. The maximum atomic E-state index is 13.4. The van der Waals surface area contributed by atoms with Gasteiger partial charge in [-0.2, -0.15) is 0 Å². The molecule has 0 saturated heterocycles. The van der Waals surface area contributed by atoms with E-state index >= 15 is 0 Å². The molecule has 0 fully saturated rings. The number of halogens is 2. The normalized spacial score (nSPS) is 11.7. The van der Waals surface area contributed by atoms with E-state index in [1.807, 2.05) is 6.92 Å². The first-order chi connectivity index (χ1) is 8.49. The molecule has 0 radical (unpaired) electrons. The van der Waals surface area contributed by atoms with Gasteiger partial charge in [0.1, 0.15) is 17.5 Å². The molecule has 0 saturated carbocycles. The molecule has 4 N–H and O–H groups in total. The van der Waals surface area contributed by atoms with Gasteiger partial charge < -0.3 is 16.5 Å². The lowest BCUT2D eigenvalue weighted by Crippen LogP contribution is -2.15. The molecule has 0 aliphatic heterocycles. The molecule has 0 unspecified atom stereocenters. The molecule has 0 heterocycles. The van der Waals surface area contributed by atoms with Crippen LogP contribution in [0.1, 0.15) is 13.3 Å². The van der Waals surface area contributed by atoms with Gasteiger partial charge in [0, 0.05) is 17.9 Å². The molecule has 0 spiro atoms. The quantitative estimate of drug-likeness (QED) is 0.556. The smallest absolute Gasteiger partial charge is 0.149 e. The Kier molecular flexibility index (Phi) is 4.59. The first kappa shape index (κ1) is 13.9. The first-order valence-corrected chi connectivity index (χ1v) is 5.40. The second kappa shape index (κ2) is 5.95. The molecule has 18 heavy (non-hydrogen) atoms. The molecular formula is C13H15F2N3. The predicted octanol–water partition coefficient (Wildman–Crippen LogP) is 3.16. The lowest BCUT2D eigenvalue weighted by Gasteiger charge is -2.12. The largest absolute Gasteiger partial charge is 0.385 e. The van der Waals surface area contributed by atoms with E-state index in [0.717, 1.165) is 18.3 Å². The van der Waals surface area contributed by atoms with Gasteiger partial charge >= 0.3 is 0 Å². The van der Waals surface area contributed by atoms with Gasteiger partial charge in [0.25, 0.3) is 0 Å². The Hall–Kier alpha value is -2.17. The van der Waals surface area contributed by atoms with Crippen LogP contribution in [0.2, 0.25) is 0 Å². The van der Waals surface area contributed by atoms with Crippen LogP contribution in [0.5, 0.6) is 0 Å². The molecule has 0 aromatic heterocycles. The Balaban J connectivity index is 3.05. The Bertz CT molecular complexity index is 507. The number of anilines is 1. The summed E-state index contributed by atoms with van der Waals surface area (Å²) in [5, 5.41) is 9.87. The van der Waals surface area contributed by atoms with Crippen LogP contribution in [0.25, 0.3) is 0 Å². The number of benzene rings is 1. The van der Waals surface area contributed by atoms with E-state index in [-0.39, 0.29) is 11.5 Å². The fourth-order valence-corrected chi connectivity index (χ4v) is 1.36. The summed E-state index contributed by atoms with van der Waals surface area (Å²) >= 11 is 0. The van der Waals surface area contributed by atoms with Crippen LogP contribution < -0.4 is 11.1 Å². The summed E-state index contributed by atoms with van der Waals surface area (Å²) in [6.07, 6.45) is 1.68. The van der Waals surface area contributed by atoms with Gasteiger partial charge in [0.15, 0.2) is 0 Å². The summed E-state index contributed by atoms with van der Waals surface area (Å²) < 4.78 is 26.1. The second-order valence-corrected chi connectivity index (χ2v) is 3.68. The van der Waals surface area contributed by atoms with E-state index in [4.69, 9.17) is 11.1 Å². The fourth-order valence-electron chi connectivity index (χ4n) is 1.36. The van der Waals surface area contributed by atoms with Crippen molar-refractivity contribution in [2.75, 3.05) is 5.32 Å². The highest BCUT2D eigenvalue weighted by atomic mass is 19.1. The third-order valence-electron chi connectivity index (χ3n) is 2.44. The maximum Gasteiger partial charge on any atom is 0.149 e. The zero-order valence-corrected chi connectivity index (χ0v) is 10.1. The average Bonchev–Trinajstić information content (AvgIpc) is 2.33. The minimum absolute atomic E-state index is 0.0529. The first-order valence-electron chi connectivity index (χ1n) is 5.40. The van der Waals surface area contributed by atoms with Gasteiger partial charge in [-0.25, -0.2) is 8.78 Å². The van der Waals surface area contributed by atoms with Gasteiger partial charge in [0.05, 0.1) is 5.69 Å². The van der Waals surface area contributed by atoms with Crippen molar-refractivity contribution in [2.24, 2.45) is 5.73 Å². The standard InChI is InChI=1S/C13H15F2N3/c1-3-8(2)10(7-16)13(17)18-12-5-4-9(14)6-11(12)15/h4-7,16,18H,2-3,17H2,1H3/b13-10+,16-7?. The summed E-state index contributed by atoms with van der Waals surface area (Å²) in [5.41, 5.74) is 6.86. The second-order valence-electron chi connectivity index (χ2n) is 3.68. The number of allylic oxidation sites excluding steroid dienone is 2. The molecule has 0 aliphatic rings. The highest BCUT2D eigenvalue weighted by Gasteiger charge is 2.08. The average molecular weight is 251 g/mol. The number of hydrogen-bond donors (Lipinski definition) is 3. The van der Waals surface area contributed by atoms with Crippen LogP contribution in [0, 0.1) is 17.0 Å². The summed E-state index contributed by atoms with van der Waals surface area (Å²) in [7, 11) is 0. The summed E-state index contributed by atoms with van der Waals surface area (Å²) in [6, 6.07) is 3.12. The van der Waals surface area contributed by atoms with E-state index < -0.39 is 11.6 Å². The molecule has 0 atom stereocenters. The number of rotatable bonds is 5. The summed E-state index contributed by atoms with van der Waals surface area (Å²) in [5.74, 6) is -1.29. The highest BCUT2D eigenvalue weighted by Crippen LogP contribution is 2.18. The molecule has 0 amide bonds. The Morgan fingerprint density at radius 1 is 1.50 bits per heavy atom. The van der Waals surface area contributed by atoms with Gasteiger partial charge in [-0.1, -0.05) is 13.5 Å². The van der Waals surface area contributed by atoms with Crippen molar-refractivity contribution < 1.29 is 8.78 Å². The highest BCUT2D eigenvalue weighted by molar-refractivity contribution is 5.84. The van der Waals surface area contributed by atoms with E-state index in [1.165, 1.54) is 6.07 Å². The van der Waals surface area contributed by atoms with Gasteiger partial charge in [-0.3, -0.25) is 0 Å². The van der Waals surface area contributed by atoms with Crippen molar-refractivity contribution in [3.8, 4) is 0 Å².